The number of ether oxygens (including phenoxy) is 2. The molecular formula is C20H26N4O3. The molecule has 3 rings (SSSR count). The fourth-order valence-corrected chi connectivity index (χ4v) is 3.22. The Hall–Kier alpha value is -2.83. The molecular weight excluding hydrogens is 344 g/mol. The van der Waals surface area contributed by atoms with Gasteiger partial charge in [-0.1, -0.05) is 12.8 Å². The molecule has 0 aliphatic carbocycles. The van der Waals surface area contributed by atoms with Gasteiger partial charge in [-0.25, -0.2) is 9.97 Å². The van der Waals surface area contributed by atoms with E-state index in [0.29, 0.717) is 28.7 Å². The lowest BCUT2D eigenvalue weighted by atomic mass is 10.2. The fraction of sp³-hybridized carbons (Fsp3) is 0.450. The molecule has 1 aromatic carbocycles. The average Bonchev–Trinajstić information content (AvgIpc) is 2.97. The summed E-state index contributed by atoms with van der Waals surface area (Å²) in [5, 5.41) is 2.87. The molecule has 0 spiro atoms. The maximum Gasteiger partial charge on any atom is 0.274 e. The van der Waals surface area contributed by atoms with Gasteiger partial charge in [-0.3, -0.25) is 4.79 Å². The Balaban J connectivity index is 1.82. The van der Waals surface area contributed by atoms with Crippen LogP contribution < -0.4 is 19.7 Å². The number of rotatable bonds is 5. The van der Waals surface area contributed by atoms with Crippen LogP contribution in [-0.4, -0.2) is 43.2 Å². The van der Waals surface area contributed by atoms with Crippen molar-refractivity contribution in [3.63, 3.8) is 0 Å². The zero-order valence-corrected chi connectivity index (χ0v) is 16.1. The van der Waals surface area contributed by atoms with E-state index in [9.17, 15) is 4.79 Å². The van der Waals surface area contributed by atoms with Crippen molar-refractivity contribution in [2.24, 2.45) is 0 Å². The number of benzene rings is 1. The summed E-state index contributed by atoms with van der Waals surface area (Å²) < 4.78 is 10.5. The number of carbonyl (C=O) groups excluding carboxylic acids is 1. The van der Waals surface area contributed by atoms with Gasteiger partial charge in [0.15, 0.2) is 0 Å². The summed E-state index contributed by atoms with van der Waals surface area (Å²) >= 11 is 0. The third-order valence-electron chi connectivity index (χ3n) is 4.64. The predicted molar refractivity (Wildman–Crippen MR) is 105 cm³/mol. The minimum Gasteiger partial charge on any atom is -0.497 e. The van der Waals surface area contributed by atoms with E-state index in [-0.39, 0.29) is 5.91 Å². The number of aryl methyl sites for hydroxylation is 1. The van der Waals surface area contributed by atoms with Crippen molar-refractivity contribution in [3.8, 4) is 11.5 Å². The second-order valence-corrected chi connectivity index (χ2v) is 6.58. The zero-order valence-electron chi connectivity index (χ0n) is 16.1. The second kappa shape index (κ2) is 8.70. The third-order valence-corrected chi connectivity index (χ3v) is 4.64. The Bertz CT molecular complexity index is 802. The molecule has 144 valence electrons. The van der Waals surface area contributed by atoms with Gasteiger partial charge in [0.05, 0.1) is 19.9 Å². The Morgan fingerprint density at radius 1 is 1.04 bits per heavy atom. The Morgan fingerprint density at radius 2 is 1.78 bits per heavy atom. The summed E-state index contributed by atoms with van der Waals surface area (Å²) in [5.74, 6) is 2.30. The van der Waals surface area contributed by atoms with E-state index >= 15 is 0 Å². The monoisotopic (exact) mass is 370 g/mol. The molecule has 0 saturated carbocycles. The lowest BCUT2D eigenvalue weighted by Gasteiger charge is -2.22. The molecule has 0 unspecified atom stereocenters. The number of hydrogen-bond acceptors (Lipinski definition) is 6. The molecule has 7 heteroatoms. The molecule has 1 aliphatic heterocycles. The van der Waals surface area contributed by atoms with Gasteiger partial charge < -0.3 is 19.7 Å². The molecule has 7 nitrogen and oxygen atoms in total. The maximum absolute atomic E-state index is 12.8. The SMILES string of the molecule is COc1ccc(NC(=O)c2cc(N3CCCCCC3)nc(C)n2)c(OC)c1. The number of nitrogens with one attached hydrogen (secondary N) is 1. The van der Waals surface area contributed by atoms with Crippen LogP contribution in [0, 0.1) is 6.92 Å². The van der Waals surface area contributed by atoms with Gasteiger partial charge in [0.2, 0.25) is 0 Å². The van der Waals surface area contributed by atoms with Gasteiger partial charge in [-0.2, -0.15) is 0 Å². The zero-order chi connectivity index (χ0) is 19.2. The molecule has 1 N–H and O–H groups in total. The Kier molecular flexibility index (Phi) is 6.11. The topological polar surface area (TPSA) is 76.6 Å². The van der Waals surface area contributed by atoms with Crippen LogP contribution in [0.2, 0.25) is 0 Å². The van der Waals surface area contributed by atoms with E-state index < -0.39 is 0 Å². The highest BCUT2D eigenvalue weighted by Gasteiger charge is 2.17. The number of aromatic nitrogens is 2. The number of nitrogens with zero attached hydrogens (tertiary/aromatic N) is 3. The van der Waals surface area contributed by atoms with E-state index in [1.807, 2.05) is 6.92 Å². The van der Waals surface area contributed by atoms with Gasteiger partial charge in [0, 0.05) is 25.2 Å². The molecule has 1 aromatic heterocycles. The number of hydrogen-bond donors (Lipinski definition) is 1. The Morgan fingerprint density at radius 3 is 2.44 bits per heavy atom. The van der Waals surface area contributed by atoms with Crippen LogP contribution >= 0.6 is 0 Å². The minimum absolute atomic E-state index is 0.292. The summed E-state index contributed by atoms with van der Waals surface area (Å²) in [7, 11) is 3.14. The van der Waals surface area contributed by atoms with Gasteiger partial charge in [-0.05, 0) is 31.9 Å². The van der Waals surface area contributed by atoms with Crippen molar-refractivity contribution in [1.82, 2.24) is 9.97 Å². The molecule has 1 aliphatic rings. The largest absolute Gasteiger partial charge is 0.497 e. The predicted octanol–water partition coefficient (Wildman–Crippen LogP) is 3.43. The van der Waals surface area contributed by atoms with E-state index in [4.69, 9.17) is 9.47 Å². The van der Waals surface area contributed by atoms with Crippen molar-refractivity contribution in [2.75, 3.05) is 37.5 Å². The highest BCUT2D eigenvalue weighted by Crippen LogP contribution is 2.29. The number of carbonyl (C=O) groups is 1. The number of amides is 1. The third kappa shape index (κ3) is 4.67. The van der Waals surface area contributed by atoms with Crippen LogP contribution in [0.3, 0.4) is 0 Å². The fourth-order valence-electron chi connectivity index (χ4n) is 3.22. The summed E-state index contributed by atoms with van der Waals surface area (Å²) in [5.41, 5.74) is 0.913. The van der Waals surface area contributed by atoms with E-state index in [2.05, 4.69) is 20.2 Å². The quantitative estimate of drug-likeness (QED) is 0.869. The van der Waals surface area contributed by atoms with Crippen LogP contribution in [-0.2, 0) is 0 Å². The molecule has 1 amide bonds. The van der Waals surface area contributed by atoms with E-state index in [0.717, 1.165) is 31.7 Å². The van der Waals surface area contributed by atoms with Crippen molar-refractivity contribution < 1.29 is 14.3 Å². The lowest BCUT2D eigenvalue weighted by Crippen LogP contribution is -2.26. The molecule has 1 fully saturated rings. The summed E-state index contributed by atoms with van der Waals surface area (Å²) in [6.45, 7) is 3.74. The first-order valence-electron chi connectivity index (χ1n) is 9.24. The van der Waals surface area contributed by atoms with Crippen molar-refractivity contribution >= 4 is 17.4 Å². The van der Waals surface area contributed by atoms with E-state index in [1.165, 1.54) is 12.8 Å². The highest BCUT2D eigenvalue weighted by atomic mass is 16.5. The first-order valence-corrected chi connectivity index (χ1v) is 9.24. The minimum atomic E-state index is -0.292. The lowest BCUT2D eigenvalue weighted by molar-refractivity contribution is 0.102. The highest BCUT2D eigenvalue weighted by molar-refractivity contribution is 6.04. The smallest absolute Gasteiger partial charge is 0.274 e. The average molecular weight is 370 g/mol. The molecule has 27 heavy (non-hydrogen) atoms. The second-order valence-electron chi connectivity index (χ2n) is 6.58. The normalized spacial score (nSPS) is 14.4. The van der Waals surface area contributed by atoms with Crippen LogP contribution in [0.1, 0.15) is 42.0 Å². The van der Waals surface area contributed by atoms with Gasteiger partial charge in [0.25, 0.3) is 5.91 Å². The van der Waals surface area contributed by atoms with Gasteiger partial charge >= 0.3 is 0 Å². The Labute approximate surface area is 159 Å². The number of anilines is 2. The molecule has 2 heterocycles. The standard InChI is InChI=1S/C20H26N4O3/c1-14-21-17(13-19(22-14)24-10-6-4-5-7-11-24)20(25)23-16-9-8-15(26-2)12-18(16)27-3/h8-9,12-13H,4-7,10-11H2,1-3H3,(H,23,25). The van der Waals surface area contributed by atoms with E-state index in [1.54, 1.807) is 38.5 Å². The molecule has 2 aromatic rings. The van der Waals surface area contributed by atoms with Crippen molar-refractivity contribution in [1.29, 1.82) is 0 Å². The molecule has 0 bridgehead atoms. The van der Waals surface area contributed by atoms with Crippen LogP contribution in [0.25, 0.3) is 0 Å². The van der Waals surface area contributed by atoms with Crippen molar-refractivity contribution in [3.05, 3.63) is 35.8 Å². The molecule has 0 radical (unpaired) electrons. The molecule has 1 saturated heterocycles. The summed E-state index contributed by atoms with van der Waals surface area (Å²) in [6, 6.07) is 7.01. The summed E-state index contributed by atoms with van der Waals surface area (Å²) in [6.07, 6.45) is 4.78. The van der Waals surface area contributed by atoms with Gasteiger partial charge in [-0.15, -0.1) is 0 Å². The van der Waals surface area contributed by atoms with Crippen LogP contribution in [0.4, 0.5) is 11.5 Å². The maximum atomic E-state index is 12.8. The van der Waals surface area contributed by atoms with Crippen molar-refractivity contribution in [2.45, 2.75) is 32.6 Å². The first kappa shape index (κ1) is 18.9. The van der Waals surface area contributed by atoms with Crippen LogP contribution in [0.5, 0.6) is 11.5 Å². The number of methoxy groups -OCH3 is 2. The first-order chi connectivity index (χ1) is 13.1. The van der Waals surface area contributed by atoms with Crippen LogP contribution in [0.15, 0.2) is 24.3 Å². The summed E-state index contributed by atoms with van der Waals surface area (Å²) in [4.78, 5) is 23.9. The molecule has 0 atom stereocenters. The van der Waals surface area contributed by atoms with Gasteiger partial charge in [0.1, 0.15) is 28.8 Å².